The van der Waals surface area contributed by atoms with E-state index in [4.69, 9.17) is 4.74 Å². The fourth-order valence-electron chi connectivity index (χ4n) is 2.45. The minimum Gasteiger partial charge on any atom is -0.439 e. The molecule has 3 rings (SSSR count). The van der Waals surface area contributed by atoms with Crippen LogP contribution >= 0.6 is 0 Å². The number of para-hydroxylation sites is 1. The molecule has 23 heavy (non-hydrogen) atoms. The average molecular weight is 311 g/mol. The first-order valence-corrected chi connectivity index (χ1v) is 7.66. The molecule has 1 aromatic carbocycles. The molecule has 0 radical (unpaired) electrons. The first-order chi connectivity index (χ1) is 11.2. The fraction of sp³-hybridized carbons (Fsp3) is 0.294. The second-order valence-corrected chi connectivity index (χ2v) is 5.39. The topological polar surface area (TPSA) is 56.9 Å². The molecular formula is C17H21N5O. The van der Waals surface area contributed by atoms with Crippen molar-refractivity contribution in [2.75, 3.05) is 6.54 Å². The summed E-state index contributed by atoms with van der Waals surface area (Å²) in [6.45, 7) is 4.46. The number of ether oxygens (including phenoxy) is 1. The number of rotatable bonds is 7. The van der Waals surface area contributed by atoms with Crippen LogP contribution in [0, 0.1) is 6.92 Å². The number of aromatic nitrogens is 4. The van der Waals surface area contributed by atoms with Crippen molar-refractivity contribution in [3.05, 3.63) is 60.3 Å². The molecule has 3 aromatic rings. The Hall–Kier alpha value is -2.60. The van der Waals surface area contributed by atoms with E-state index in [2.05, 4.69) is 15.4 Å². The zero-order valence-electron chi connectivity index (χ0n) is 13.4. The van der Waals surface area contributed by atoms with Crippen LogP contribution in [0.25, 0.3) is 0 Å². The Morgan fingerprint density at radius 1 is 1.22 bits per heavy atom. The fourth-order valence-corrected chi connectivity index (χ4v) is 2.45. The van der Waals surface area contributed by atoms with E-state index < -0.39 is 0 Å². The van der Waals surface area contributed by atoms with Gasteiger partial charge in [0.2, 0.25) is 5.88 Å². The van der Waals surface area contributed by atoms with Gasteiger partial charge in [0, 0.05) is 39.1 Å². The molecule has 0 saturated heterocycles. The quantitative estimate of drug-likeness (QED) is 0.681. The molecular weight excluding hydrogens is 290 g/mol. The highest BCUT2D eigenvalue weighted by Crippen LogP contribution is 2.26. The third-order valence-electron chi connectivity index (χ3n) is 3.65. The van der Waals surface area contributed by atoms with E-state index in [-0.39, 0.29) is 0 Å². The van der Waals surface area contributed by atoms with Crippen LogP contribution in [0.3, 0.4) is 0 Å². The van der Waals surface area contributed by atoms with Crippen molar-refractivity contribution in [2.24, 2.45) is 7.05 Å². The van der Waals surface area contributed by atoms with Crippen molar-refractivity contribution < 1.29 is 4.74 Å². The van der Waals surface area contributed by atoms with Crippen LogP contribution in [0.15, 0.2) is 49.1 Å². The molecule has 0 aliphatic carbocycles. The van der Waals surface area contributed by atoms with Crippen LogP contribution in [0.4, 0.5) is 0 Å². The zero-order valence-corrected chi connectivity index (χ0v) is 13.4. The van der Waals surface area contributed by atoms with Crippen molar-refractivity contribution in [2.45, 2.75) is 20.0 Å². The van der Waals surface area contributed by atoms with Crippen molar-refractivity contribution in [3.8, 4) is 11.6 Å². The summed E-state index contributed by atoms with van der Waals surface area (Å²) in [4.78, 5) is 4.04. The Bertz CT molecular complexity index is 734. The zero-order chi connectivity index (χ0) is 16.1. The Kier molecular flexibility index (Phi) is 4.73. The molecule has 0 saturated carbocycles. The second-order valence-electron chi connectivity index (χ2n) is 5.39. The van der Waals surface area contributed by atoms with Gasteiger partial charge in [-0.15, -0.1) is 0 Å². The minimum atomic E-state index is 0.719. The van der Waals surface area contributed by atoms with Gasteiger partial charge in [0.05, 0.1) is 17.6 Å². The highest BCUT2D eigenvalue weighted by Gasteiger charge is 2.15. The molecule has 0 aliphatic heterocycles. The summed E-state index contributed by atoms with van der Waals surface area (Å²) in [5.41, 5.74) is 2.07. The first-order valence-electron chi connectivity index (χ1n) is 7.66. The largest absolute Gasteiger partial charge is 0.439 e. The van der Waals surface area contributed by atoms with E-state index in [1.165, 1.54) is 0 Å². The molecule has 0 atom stereocenters. The van der Waals surface area contributed by atoms with Gasteiger partial charge in [-0.2, -0.15) is 5.10 Å². The Balaban J connectivity index is 1.64. The Morgan fingerprint density at radius 2 is 2.04 bits per heavy atom. The lowest BCUT2D eigenvalue weighted by molar-refractivity contribution is 0.423. The summed E-state index contributed by atoms with van der Waals surface area (Å²) >= 11 is 0. The maximum atomic E-state index is 6.01. The van der Waals surface area contributed by atoms with Gasteiger partial charge in [-0.3, -0.25) is 0 Å². The number of nitrogens with zero attached hydrogens (tertiary/aromatic N) is 4. The molecule has 2 heterocycles. The second kappa shape index (κ2) is 7.11. The average Bonchev–Trinajstić information content (AvgIpc) is 3.15. The van der Waals surface area contributed by atoms with Crippen LogP contribution in [-0.4, -0.2) is 25.9 Å². The van der Waals surface area contributed by atoms with Gasteiger partial charge >= 0.3 is 0 Å². The number of nitrogens with one attached hydrogen (secondary N) is 1. The molecule has 2 aromatic heterocycles. The molecule has 0 bridgehead atoms. The summed E-state index contributed by atoms with van der Waals surface area (Å²) in [5.74, 6) is 1.60. The molecule has 6 nitrogen and oxygen atoms in total. The molecule has 1 N–H and O–H groups in total. The smallest absolute Gasteiger partial charge is 0.222 e. The number of benzene rings is 1. The van der Waals surface area contributed by atoms with Gasteiger partial charge in [-0.05, 0) is 19.1 Å². The molecule has 0 spiro atoms. The number of hydrogen-bond acceptors (Lipinski definition) is 4. The standard InChI is InChI=1S/C17H21N5O/c1-14-16(12-18-8-10-22-11-9-19-13-22)17(21(2)20-14)23-15-6-4-3-5-7-15/h3-7,9,11,13,18H,8,10,12H2,1-2H3. The van der Waals surface area contributed by atoms with E-state index in [1.807, 2.05) is 61.4 Å². The molecule has 6 heteroatoms. The first kappa shape index (κ1) is 15.3. The summed E-state index contributed by atoms with van der Waals surface area (Å²) in [7, 11) is 1.90. The van der Waals surface area contributed by atoms with Crippen LogP contribution in [0.1, 0.15) is 11.3 Å². The molecule has 0 unspecified atom stereocenters. The lowest BCUT2D eigenvalue weighted by atomic mass is 10.2. The monoisotopic (exact) mass is 311 g/mol. The molecule has 0 amide bonds. The highest BCUT2D eigenvalue weighted by molar-refractivity contribution is 5.35. The van der Waals surface area contributed by atoms with E-state index in [0.29, 0.717) is 0 Å². The SMILES string of the molecule is Cc1nn(C)c(Oc2ccccc2)c1CNCCn1ccnc1. The summed E-state index contributed by atoms with van der Waals surface area (Å²) in [5, 5.41) is 7.91. The van der Waals surface area contributed by atoms with Crippen molar-refractivity contribution in [1.29, 1.82) is 0 Å². The number of aryl methyl sites for hydroxylation is 2. The third-order valence-corrected chi connectivity index (χ3v) is 3.65. The van der Waals surface area contributed by atoms with Crippen LogP contribution in [0.2, 0.25) is 0 Å². The summed E-state index contributed by atoms with van der Waals surface area (Å²) in [6.07, 6.45) is 5.57. The number of hydrogen-bond donors (Lipinski definition) is 1. The van der Waals surface area contributed by atoms with Gasteiger partial charge in [-0.25, -0.2) is 9.67 Å². The lowest BCUT2D eigenvalue weighted by Crippen LogP contribution is -2.19. The van der Waals surface area contributed by atoms with Gasteiger partial charge in [0.25, 0.3) is 0 Å². The van der Waals surface area contributed by atoms with E-state index in [1.54, 1.807) is 10.9 Å². The van der Waals surface area contributed by atoms with Crippen LogP contribution in [-0.2, 0) is 20.1 Å². The predicted molar refractivity (Wildman–Crippen MR) is 88.4 cm³/mol. The van der Waals surface area contributed by atoms with Crippen molar-refractivity contribution in [1.82, 2.24) is 24.6 Å². The van der Waals surface area contributed by atoms with Crippen LogP contribution < -0.4 is 10.1 Å². The maximum absolute atomic E-state index is 6.01. The summed E-state index contributed by atoms with van der Waals surface area (Å²) < 4.78 is 9.84. The lowest BCUT2D eigenvalue weighted by Gasteiger charge is -2.10. The van der Waals surface area contributed by atoms with Gasteiger partial charge in [-0.1, -0.05) is 18.2 Å². The minimum absolute atomic E-state index is 0.719. The third kappa shape index (κ3) is 3.78. The normalized spacial score (nSPS) is 10.9. The molecule has 0 fully saturated rings. The van der Waals surface area contributed by atoms with E-state index >= 15 is 0 Å². The van der Waals surface area contributed by atoms with Crippen LogP contribution in [0.5, 0.6) is 11.6 Å². The van der Waals surface area contributed by atoms with Crippen molar-refractivity contribution in [3.63, 3.8) is 0 Å². The number of imidazole rings is 1. The molecule has 120 valence electrons. The van der Waals surface area contributed by atoms with Gasteiger partial charge in [0.1, 0.15) is 5.75 Å². The van der Waals surface area contributed by atoms with Gasteiger partial charge in [0.15, 0.2) is 0 Å². The molecule has 0 aliphatic rings. The van der Waals surface area contributed by atoms with E-state index in [0.717, 1.165) is 42.5 Å². The maximum Gasteiger partial charge on any atom is 0.222 e. The van der Waals surface area contributed by atoms with Gasteiger partial charge < -0.3 is 14.6 Å². The predicted octanol–water partition coefficient (Wildman–Crippen LogP) is 2.51. The Labute approximate surface area is 135 Å². The van der Waals surface area contributed by atoms with E-state index in [9.17, 15) is 0 Å². The highest BCUT2D eigenvalue weighted by atomic mass is 16.5. The van der Waals surface area contributed by atoms with Crippen molar-refractivity contribution >= 4 is 0 Å². The Morgan fingerprint density at radius 3 is 2.78 bits per heavy atom. The summed E-state index contributed by atoms with van der Waals surface area (Å²) in [6, 6.07) is 9.78.